The van der Waals surface area contributed by atoms with Gasteiger partial charge in [-0.2, -0.15) is 0 Å². The summed E-state index contributed by atoms with van der Waals surface area (Å²) < 4.78 is 0. The molecule has 0 fully saturated rings. The molecule has 126 valence electrons. The molecule has 2 aromatic rings. The van der Waals surface area contributed by atoms with Crippen LogP contribution in [-0.4, -0.2) is 28.9 Å². The molecular weight excluding hydrogens is 333 g/mol. The van der Waals surface area contributed by atoms with Crippen LogP contribution in [0.15, 0.2) is 54.9 Å². The number of hydrogen-bond donors (Lipinski definition) is 1. The van der Waals surface area contributed by atoms with Crippen LogP contribution in [-0.2, 0) is 17.8 Å². The number of pyridine rings is 1. The van der Waals surface area contributed by atoms with E-state index in [9.17, 15) is 4.79 Å². The normalized spacial score (nSPS) is 9.43. The van der Waals surface area contributed by atoms with E-state index >= 15 is 0 Å². The highest BCUT2D eigenvalue weighted by Gasteiger charge is 2.13. The van der Waals surface area contributed by atoms with Crippen LogP contribution in [0.25, 0.3) is 0 Å². The minimum absolute atomic E-state index is 0. The quantitative estimate of drug-likeness (QED) is 0.830. The smallest absolute Gasteiger partial charge is 0.223 e. The number of halogens is 2. The topological polar surface area (TPSA) is 59.2 Å². The van der Waals surface area contributed by atoms with Crippen molar-refractivity contribution >= 4 is 30.7 Å². The monoisotopic (exact) mass is 355 g/mol. The van der Waals surface area contributed by atoms with E-state index < -0.39 is 0 Å². The maximum absolute atomic E-state index is 12.4. The second-order valence-corrected chi connectivity index (χ2v) is 4.95. The van der Waals surface area contributed by atoms with E-state index in [0.29, 0.717) is 26.1 Å². The summed E-state index contributed by atoms with van der Waals surface area (Å²) in [7, 11) is 0. The van der Waals surface area contributed by atoms with Crippen LogP contribution in [0.4, 0.5) is 0 Å². The molecule has 0 spiro atoms. The summed E-state index contributed by atoms with van der Waals surface area (Å²) >= 11 is 0. The van der Waals surface area contributed by atoms with Gasteiger partial charge in [0.25, 0.3) is 0 Å². The molecule has 1 aromatic carbocycles. The van der Waals surface area contributed by atoms with Crippen molar-refractivity contribution in [2.45, 2.75) is 19.4 Å². The molecule has 0 saturated heterocycles. The molecule has 0 aliphatic rings. The number of nitrogens with zero attached hydrogens (tertiary/aromatic N) is 2. The summed E-state index contributed by atoms with van der Waals surface area (Å²) in [5, 5.41) is 0. The fourth-order valence-corrected chi connectivity index (χ4v) is 2.21. The van der Waals surface area contributed by atoms with Crippen molar-refractivity contribution in [3.05, 3.63) is 66.0 Å². The summed E-state index contributed by atoms with van der Waals surface area (Å²) in [4.78, 5) is 18.2. The zero-order valence-corrected chi connectivity index (χ0v) is 14.6. The van der Waals surface area contributed by atoms with E-state index in [0.717, 1.165) is 17.5 Å². The Morgan fingerprint density at radius 2 is 1.65 bits per heavy atom. The first-order valence-electron chi connectivity index (χ1n) is 7.20. The highest BCUT2D eigenvalue weighted by atomic mass is 35.5. The Morgan fingerprint density at radius 3 is 2.26 bits per heavy atom. The molecule has 0 unspecified atom stereocenters. The lowest BCUT2D eigenvalue weighted by molar-refractivity contribution is -0.131. The predicted molar refractivity (Wildman–Crippen MR) is 98.0 cm³/mol. The first kappa shape index (κ1) is 21.4. The Kier molecular flexibility index (Phi) is 11.0. The molecule has 1 heterocycles. The molecule has 1 amide bonds. The fourth-order valence-electron chi connectivity index (χ4n) is 2.21. The Morgan fingerprint density at radius 1 is 1.00 bits per heavy atom. The van der Waals surface area contributed by atoms with Crippen molar-refractivity contribution in [1.29, 1.82) is 0 Å². The Balaban J connectivity index is 0.00000242. The first-order chi connectivity index (χ1) is 10.3. The lowest BCUT2D eigenvalue weighted by atomic mass is 10.1. The van der Waals surface area contributed by atoms with Gasteiger partial charge in [-0.1, -0.05) is 30.3 Å². The summed E-state index contributed by atoms with van der Waals surface area (Å²) in [6.07, 6.45) is 4.73. The minimum Gasteiger partial charge on any atom is -0.337 e. The zero-order chi connectivity index (χ0) is 14.9. The van der Waals surface area contributed by atoms with Crippen molar-refractivity contribution in [2.75, 3.05) is 13.1 Å². The number of amides is 1. The zero-order valence-electron chi connectivity index (χ0n) is 12.9. The Labute approximate surface area is 149 Å². The molecule has 23 heavy (non-hydrogen) atoms. The Bertz CT molecular complexity index is 552. The molecule has 2 N–H and O–H groups in total. The molecule has 0 radical (unpaired) electrons. The summed E-state index contributed by atoms with van der Waals surface area (Å²) in [6, 6.07) is 13.9. The van der Waals surface area contributed by atoms with Crippen LogP contribution >= 0.6 is 24.8 Å². The molecule has 0 aliphatic carbocycles. The van der Waals surface area contributed by atoms with Crippen LogP contribution in [0, 0.1) is 0 Å². The number of carbonyl (C=O) groups is 1. The van der Waals surface area contributed by atoms with E-state index in [-0.39, 0.29) is 30.7 Å². The van der Waals surface area contributed by atoms with Gasteiger partial charge in [0.05, 0.1) is 0 Å². The minimum atomic E-state index is 0. The van der Waals surface area contributed by atoms with Gasteiger partial charge in [-0.3, -0.25) is 9.78 Å². The van der Waals surface area contributed by atoms with E-state index in [2.05, 4.69) is 4.98 Å². The van der Waals surface area contributed by atoms with Crippen molar-refractivity contribution in [2.24, 2.45) is 5.73 Å². The highest BCUT2D eigenvalue weighted by Crippen LogP contribution is 2.08. The van der Waals surface area contributed by atoms with Crippen LogP contribution in [0.2, 0.25) is 0 Å². The number of nitrogens with two attached hydrogens (primary N) is 1. The van der Waals surface area contributed by atoms with Crippen LogP contribution in [0.3, 0.4) is 0 Å². The largest absolute Gasteiger partial charge is 0.337 e. The van der Waals surface area contributed by atoms with Gasteiger partial charge in [-0.15, -0.1) is 24.8 Å². The van der Waals surface area contributed by atoms with Crippen molar-refractivity contribution in [3.63, 3.8) is 0 Å². The van der Waals surface area contributed by atoms with Crippen LogP contribution < -0.4 is 5.73 Å². The lowest BCUT2D eigenvalue weighted by Crippen LogP contribution is -2.35. The maximum atomic E-state index is 12.4. The fraction of sp³-hybridized carbons (Fsp3) is 0.294. The first-order valence-corrected chi connectivity index (χ1v) is 7.20. The van der Waals surface area contributed by atoms with Gasteiger partial charge < -0.3 is 10.6 Å². The van der Waals surface area contributed by atoms with Gasteiger partial charge in [0.2, 0.25) is 5.91 Å². The third-order valence-electron chi connectivity index (χ3n) is 3.34. The molecule has 6 heteroatoms. The second-order valence-electron chi connectivity index (χ2n) is 4.95. The summed E-state index contributed by atoms with van der Waals surface area (Å²) in [6.45, 7) is 1.69. The molecule has 2 rings (SSSR count). The standard InChI is InChI=1S/C17H21N3O.2ClH/c18-10-13-20(14-16-4-2-1-3-5-16)17(21)7-6-15-8-11-19-12-9-15;;/h1-5,8-9,11-12H,6-7,10,13-14,18H2;2*1H. The highest BCUT2D eigenvalue weighted by molar-refractivity contribution is 5.85. The SMILES string of the molecule is Cl.Cl.NCCN(Cc1ccccc1)C(=O)CCc1ccncc1. The van der Waals surface area contributed by atoms with Crippen molar-refractivity contribution in [3.8, 4) is 0 Å². The molecule has 0 saturated carbocycles. The van der Waals surface area contributed by atoms with Gasteiger partial charge in [-0.25, -0.2) is 0 Å². The number of carbonyl (C=O) groups excluding carboxylic acids is 1. The predicted octanol–water partition coefficient (Wildman–Crippen LogP) is 2.85. The van der Waals surface area contributed by atoms with E-state index in [4.69, 9.17) is 5.73 Å². The van der Waals surface area contributed by atoms with E-state index in [1.807, 2.05) is 47.4 Å². The van der Waals surface area contributed by atoms with Gasteiger partial charge >= 0.3 is 0 Å². The van der Waals surface area contributed by atoms with Gasteiger partial charge in [0, 0.05) is 38.4 Å². The van der Waals surface area contributed by atoms with Gasteiger partial charge in [0.15, 0.2) is 0 Å². The van der Waals surface area contributed by atoms with Crippen LogP contribution in [0.1, 0.15) is 17.5 Å². The average molecular weight is 356 g/mol. The number of aromatic nitrogens is 1. The maximum Gasteiger partial charge on any atom is 0.223 e. The molecular formula is C17H23Cl2N3O. The molecule has 0 aliphatic heterocycles. The molecule has 1 aromatic heterocycles. The lowest BCUT2D eigenvalue weighted by Gasteiger charge is -2.22. The van der Waals surface area contributed by atoms with Crippen molar-refractivity contribution in [1.82, 2.24) is 9.88 Å². The number of benzene rings is 1. The van der Waals surface area contributed by atoms with Gasteiger partial charge in [-0.05, 0) is 29.7 Å². The summed E-state index contributed by atoms with van der Waals surface area (Å²) in [5.74, 6) is 0.140. The second kappa shape index (κ2) is 11.9. The molecule has 4 nitrogen and oxygen atoms in total. The molecule has 0 atom stereocenters. The third-order valence-corrected chi connectivity index (χ3v) is 3.34. The number of aryl methyl sites for hydroxylation is 1. The van der Waals surface area contributed by atoms with E-state index in [1.165, 1.54) is 0 Å². The molecule has 0 bridgehead atoms. The number of rotatable bonds is 7. The average Bonchev–Trinajstić information content (AvgIpc) is 2.54. The summed E-state index contributed by atoms with van der Waals surface area (Å²) in [5.41, 5.74) is 7.88. The third kappa shape index (κ3) is 7.46. The van der Waals surface area contributed by atoms with Gasteiger partial charge in [0.1, 0.15) is 0 Å². The van der Waals surface area contributed by atoms with Crippen molar-refractivity contribution < 1.29 is 4.79 Å². The number of hydrogen-bond acceptors (Lipinski definition) is 3. The van der Waals surface area contributed by atoms with E-state index in [1.54, 1.807) is 12.4 Å². The Hall–Kier alpha value is -1.62. The van der Waals surface area contributed by atoms with Crippen LogP contribution in [0.5, 0.6) is 0 Å².